The van der Waals surface area contributed by atoms with E-state index in [1.165, 1.54) is 12.1 Å². The van der Waals surface area contributed by atoms with Gasteiger partial charge < -0.3 is 9.64 Å². The number of rotatable bonds is 4. The number of hydrogen-bond acceptors (Lipinski definition) is 4. The van der Waals surface area contributed by atoms with Crippen LogP contribution in [0.1, 0.15) is 22.0 Å². The summed E-state index contributed by atoms with van der Waals surface area (Å²) in [4.78, 5) is 13.7. The summed E-state index contributed by atoms with van der Waals surface area (Å²) in [6.45, 7) is 1.14. The van der Waals surface area contributed by atoms with E-state index in [2.05, 4.69) is 0 Å². The van der Waals surface area contributed by atoms with Crippen LogP contribution in [-0.2, 0) is 14.6 Å². The number of nitrogens with zero attached hydrogens (tertiary/aromatic N) is 1. The second-order valence-corrected chi connectivity index (χ2v) is 7.77. The second kappa shape index (κ2) is 7.51. The van der Waals surface area contributed by atoms with E-state index < -0.39 is 20.5 Å². The van der Waals surface area contributed by atoms with Crippen LogP contribution in [0.4, 0.5) is 8.78 Å². The lowest BCUT2D eigenvalue weighted by Crippen LogP contribution is -2.42. The highest BCUT2D eigenvalue weighted by Crippen LogP contribution is 2.24. The summed E-state index contributed by atoms with van der Waals surface area (Å²) in [5.41, 5.74) is 1.20. The van der Waals surface area contributed by atoms with Crippen molar-refractivity contribution in [3.05, 3.63) is 65.7 Å². The molecule has 1 heterocycles. The zero-order valence-electron chi connectivity index (χ0n) is 13.7. The van der Waals surface area contributed by atoms with Gasteiger partial charge in [-0.15, -0.1) is 0 Å². The van der Waals surface area contributed by atoms with Crippen LogP contribution in [0.15, 0.2) is 59.5 Å². The van der Waals surface area contributed by atoms with Gasteiger partial charge in [0.15, 0.2) is 0 Å². The van der Waals surface area contributed by atoms with Gasteiger partial charge in [-0.25, -0.2) is 8.42 Å². The minimum atomic E-state index is -4.67. The van der Waals surface area contributed by atoms with Gasteiger partial charge in [-0.05, 0) is 29.8 Å². The number of hydrogen-bond donors (Lipinski definition) is 0. The van der Waals surface area contributed by atoms with Crippen molar-refractivity contribution < 1.29 is 26.7 Å². The van der Waals surface area contributed by atoms with E-state index in [9.17, 15) is 22.0 Å². The van der Waals surface area contributed by atoms with Crippen molar-refractivity contribution in [2.24, 2.45) is 0 Å². The van der Waals surface area contributed by atoms with Crippen LogP contribution < -0.4 is 0 Å². The lowest BCUT2D eigenvalue weighted by molar-refractivity contribution is -0.0228. The molecule has 2 aromatic rings. The molecule has 1 atom stereocenters. The topological polar surface area (TPSA) is 63.7 Å². The molecule has 1 aliphatic rings. The van der Waals surface area contributed by atoms with Gasteiger partial charge in [0.05, 0.1) is 18.0 Å². The summed E-state index contributed by atoms with van der Waals surface area (Å²) in [6, 6.07) is 14.1. The Bertz CT molecular complexity index is 870. The first kappa shape index (κ1) is 18.5. The van der Waals surface area contributed by atoms with E-state index in [4.69, 9.17) is 4.74 Å². The van der Waals surface area contributed by atoms with E-state index in [1.54, 1.807) is 4.90 Å². The molecule has 1 saturated heterocycles. The van der Waals surface area contributed by atoms with Gasteiger partial charge in [0, 0.05) is 12.1 Å². The van der Waals surface area contributed by atoms with Gasteiger partial charge in [-0.3, -0.25) is 4.79 Å². The van der Waals surface area contributed by atoms with Crippen molar-refractivity contribution in [1.29, 1.82) is 0 Å². The first-order chi connectivity index (χ1) is 12.4. The number of carbonyl (C=O) groups excluding carboxylic acids is 1. The Hall–Kier alpha value is -2.32. The molecule has 1 amide bonds. The van der Waals surface area contributed by atoms with Crippen LogP contribution in [0, 0.1) is 0 Å². The number of amides is 1. The number of alkyl halides is 2. The monoisotopic (exact) mass is 381 g/mol. The number of halogens is 2. The lowest BCUT2D eigenvalue weighted by atomic mass is 10.1. The molecule has 1 fully saturated rings. The highest BCUT2D eigenvalue weighted by molar-refractivity contribution is 7.91. The van der Waals surface area contributed by atoms with Crippen molar-refractivity contribution in [1.82, 2.24) is 4.90 Å². The Labute approximate surface area is 150 Å². The molecule has 0 spiro atoms. The summed E-state index contributed by atoms with van der Waals surface area (Å²) < 4.78 is 53.8. The molecule has 2 aromatic carbocycles. The molecular weight excluding hydrogens is 364 g/mol. The zero-order valence-corrected chi connectivity index (χ0v) is 14.5. The number of carbonyl (C=O) groups is 1. The molecule has 0 aliphatic carbocycles. The van der Waals surface area contributed by atoms with Gasteiger partial charge in [0.1, 0.15) is 6.10 Å². The van der Waals surface area contributed by atoms with E-state index in [0.29, 0.717) is 19.7 Å². The van der Waals surface area contributed by atoms with Crippen LogP contribution in [-0.4, -0.2) is 44.7 Å². The van der Waals surface area contributed by atoms with Crippen LogP contribution in [0.5, 0.6) is 0 Å². The second-order valence-electron chi connectivity index (χ2n) is 5.85. The Morgan fingerprint density at radius 1 is 1.08 bits per heavy atom. The molecule has 26 heavy (non-hydrogen) atoms. The van der Waals surface area contributed by atoms with Crippen molar-refractivity contribution in [3.8, 4) is 0 Å². The van der Waals surface area contributed by atoms with Gasteiger partial charge in [-0.1, -0.05) is 30.3 Å². The van der Waals surface area contributed by atoms with Gasteiger partial charge >= 0.3 is 5.76 Å². The zero-order chi connectivity index (χ0) is 18.7. The average Bonchev–Trinajstić information content (AvgIpc) is 2.68. The smallest absolute Gasteiger partial charge is 0.341 e. The Morgan fingerprint density at radius 2 is 1.73 bits per heavy atom. The fourth-order valence-electron chi connectivity index (χ4n) is 2.78. The molecule has 5 nitrogen and oxygen atoms in total. The average molecular weight is 381 g/mol. The predicted octanol–water partition coefficient (Wildman–Crippen LogP) is 2.90. The quantitative estimate of drug-likeness (QED) is 0.817. The highest BCUT2D eigenvalue weighted by Gasteiger charge is 2.28. The molecule has 0 aromatic heterocycles. The van der Waals surface area contributed by atoms with Gasteiger partial charge in [-0.2, -0.15) is 8.78 Å². The molecule has 0 bridgehead atoms. The lowest BCUT2D eigenvalue weighted by Gasteiger charge is -2.33. The Kier molecular flexibility index (Phi) is 5.33. The number of benzene rings is 2. The van der Waals surface area contributed by atoms with E-state index in [0.717, 1.165) is 17.7 Å². The molecule has 3 rings (SSSR count). The molecule has 0 saturated carbocycles. The summed E-state index contributed by atoms with van der Waals surface area (Å²) >= 11 is 0. The third-order valence-corrected chi connectivity index (χ3v) is 5.59. The highest BCUT2D eigenvalue weighted by atomic mass is 32.2. The largest absolute Gasteiger partial charge is 0.370 e. The molecule has 0 N–H and O–H groups in total. The van der Waals surface area contributed by atoms with Crippen molar-refractivity contribution in [3.63, 3.8) is 0 Å². The molecule has 0 radical (unpaired) electrons. The van der Waals surface area contributed by atoms with Crippen molar-refractivity contribution >= 4 is 15.7 Å². The Morgan fingerprint density at radius 3 is 2.35 bits per heavy atom. The van der Waals surface area contributed by atoms with Crippen molar-refractivity contribution in [2.45, 2.75) is 16.8 Å². The third kappa shape index (κ3) is 3.76. The normalized spacial score (nSPS) is 18.1. The maximum absolute atomic E-state index is 12.6. The standard InChI is InChI=1S/C18H17F2NO4S/c19-18(20)26(23,24)15-8-6-14(7-9-15)17(22)21-10-11-25-16(12-21)13-4-2-1-3-5-13/h1-9,16,18H,10-12H2/t16-/m1/s1. The SMILES string of the molecule is O=C(c1ccc(S(=O)(=O)C(F)F)cc1)N1CCO[C@@H](c2ccccc2)C1. The van der Waals surface area contributed by atoms with E-state index in [-0.39, 0.29) is 17.6 Å². The maximum Gasteiger partial charge on any atom is 0.341 e. The molecule has 8 heteroatoms. The van der Waals surface area contributed by atoms with Crippen molar-refractivity contribution in [2.75, 3.05) is 19.7 Å². The third-order valence-electron chi connectivity index (χ3n) is 4.19. The molecular formula is C18H17F2NO4S. The predicted molar refractivity (Wildman–Crippen MR) is 90.7 cm³/mol. The summed E-state index contributed by atoms with van der Waals surface area (Å²) in [6.07, 6.45) is -0.243. The summed E-state index contributed by atoms with van der Waals surface area (Å²) in [7, 11) is -4.67. The van der Waals surface area contributed by atoms with Crippen LogP contribution in [0.3, 0.4) is 0 Å². The van der Waals surface area contributed by atoms with Crippen LogP contribution in [0.25, 0.3) is 0 Å². The molecule has 1 aliphatic heterocycles. The molecule has 0 unspecified atom stereocenters. The fraction of sp³-hybridized carbons (Fsp3) is 0.278. The molecule has 138 valence electrons. The fourth-order valence-corrected chi connectivity index (χ4v) is 3.50. The minimum Gasteiger partial charge on any atom is -0.370 e. The summed E-state index contributed by atoms with van der Waals surface area (Å²) in [5, 5.41) is 0. The number of morpholine rings is 1. The van der Waals surface area contributed by atoms with Crippen LogP contribution >= 0.6 is 0 Å². The van der Waals surface area contributed by atoms with E-state index >= 15 is 0 Å². The van der Waals surface area contributed by atoms with Crippen LogP contribution in [0.2, 0.25) is 0 Å². The van der Waals surface area contributed by atoms with Gasteiger partial charge in [0.25, 0.3) is 5.91 Å². The minimum absolute atomic E-state index is 0.243. The van der Waals surface area contributed by atoms with Gasteiger partial charge in [0.2, 0.25) is 9.84 Å². The first-order valence-corrected chi connectivity index (χ1v) is 9.52. The number of sulfone groups is 1. The Balaban J connectivity index is 1.75. The number of ether oxygens (including phenoxy) is 1. The first-order valence-electron chi connectivity index (χ1n) is 7.97. The maximum atomic E-state index is 12.6. The summed E-state index contributed by atoms with van der Waals surface area (Å²) in [5.74, 6) is -3.79. The van der Waals surface area contributed by atoms with E-state index in [1.807, 2.05) is 30.3 Å².